The molecular weight excluding hydrogens is 326 g/mol. The normalized spacial score (nSPS) is 15.7. The van der Waals surface area contributed by atoms with Crippen molar-refractivity contribution in [3.05, 3.63) is 64.7 Å². The molecule has 0 aromatic heterocycles. The number of carbonyl (C=O) groups excluding carboxylic acids is 1. The maximum absolute atomic E-state index is 12.8. The van der Waals surface area contributed by atoms with Crippen LogP contribution < -0.4 is 0 Å². The lowest BCUT2D eigenvalue weighted by Crippen LogP contribution is -2.38. The molecule has 1 heterocycles. The predicted octanol–water partition coefficient (Wildman–Crippen LogP) is 5.08. The molecule has 0 aliphatic carbocycles. The molecule has 1 aliphatic rings. The summed E-state index contributed by atoms with van der Waals surface area (Å²) in [5.74, 6) is 0.602. The SMILES string of the molecule is CSc1ccc(Cl)c(C(=O)N2CCC(c3ccccc3)CC2)c1. The predicted molar refractivity (Wildman–Crippen MR) is 97.6 cm³/mol. The average molecular weight is 346 g/mol. The fourth-order valence-electron chi connectivity index (χ4n) is 3.11. The molecule has 0 bridgehead atoms. The van der Waals surface area contributed by atoms with Crippen LogP contribution in [0.3, 0.4) is 0 Å². The van der Waals surface area contributed by atoms with Crippen molar-refractivity contribution in [2.45, 2.75) is 23.7 Å². The van der Waals surface area contributed by atoms with E-state index in [9.17, 15) is 4.79 Å². The number of hydrogen-bond acceptors (Lipinski definition) is 2. The number of nitrogens with zero attached hydrogens (tertiary/aromatic N) is 1. The Hall–Kier alpha value is -1.45. The van der Waals surface area contributed by atoms with Gasteiger partial charge >= 0.3 is 0 Å². The van der Waals surface area contributed by atoms with Gasteiger partial charge in [-0.25, -0.2) is 0 Å². The third-order valence-corrected chi connectivity index (χ3v) is 5.51. The van der Waals surface area contributed by atoms with Crippen LogP contribution in [0.4, 0.5) is 0 Å². The van der Waals surface area contributed by atoms with Crippen LogP contribution in [0.2, 0.25) is 5.02 Å². The molecule has 0 unspecified atom stereocenters. The zero-order valence-electron chi connectivity index (χ0n) is 13.2. The van der Waals surface area contributed by atoms with Crippen LogP contribution in [0.5, 0.6) is 0 Å². The van der Waals surface area contributed by atoms with Gasteiger partial charge < -0.3 is 4.90 Å². The van der Waals surface area contributed by atoms with E-state index in [1.54, 1.807) is 11.8 Å². The molecule has 4 heteroatoms. The number of halogens is 1. The molecule has 0 spiro atoms. The second-order valence-corrected chi connectivity index (χ2v) is 7.11. The summed E-state index contributed by atoms with van der Waals surface area (Å²) in [4.78, 5) is 15.8. The molecule has 0 atom stereocenters. The van der Waals surface area contributed by atoms with Crippen molar-refractivity contribution >= 4 is 29.3 Å². The van der Waals surface area contributed by atoms with Crippen LogP contribution in [0.1, 0.15) is 34.7 Å². The van der Waals surface area contributed by atoms with Gasteiger partial charge in [-0.1, -0.05) is 41.9 Å². The van der Waals surface area contributed by atoms with Gasteiger partial charge in [-0.3, -0.25) is 4.79 Å². The molecule has 1 aliphatic heterocycles. The van der Waals surface area contributed by atoms with E-state index in [4.69, 9.17) is 11.6 Å². The number of likely N-dealkylation sites (tertiary alicyclic amines) is 1. The Balaban J connectivity index is 1.69. The van der Waals surface area contributed by atoms with Gasteiger partial charge in [0.2, 0.25) is 0 Å². The highest BCUT2D eigenvalue weighted by atomic mass is 35.5. The summed E-state index contributed by atoms with van der Waals surface area (Å²) in [7, 11) is 0. The van der Waals surface area contributed by atoms with Gasteiger partial charge in [-0.15, -0.1) is 11.8 Å². The summed E-state index contributed by atoms with van der Waals surface area (Å²) >= 11 is 7.86. The van der Waals surface area contributed by atoms with Crippen molar-refractivity contribution in [3.63, 3.8) is 0 Å². The Labute approximate surface area is 146 Å². The summed E-state index contributed by atoms with van der Waals surface area (Å²) in [6.07, 6.45) is 4.02. The molecule has 23 heavy (non-hydrogen) atoms. The lowest BCUT2D eigenvalue weighted by molar-refractivity contribution is 0.0713. The minimum Gasteiger partial charge on any atom is -0.339 e. The number of rotatable bonds is 3. The first-order valence-electron chi connectivity index (χ1n) is 7.87. The number of benzene rings is 2. The van der Waals surface area contributed by atoms with Crippen molar-refractivity contribution in [2.24, 2.45) is 0 Å². The largest absolute Gasteiger partial charge is 0.339 e. The van der Waals surface area contributed by atoms with E-state index in [0.717, 1.165) is 30.8 Å². The van der Waals surface area contributed by atoms with Crippen LogP contribution >= 0.6 is 23.4 Å². The van der Waals surface area contributed by atoms with Gasteiger partial charge in [0.25, 0.3) is 5.91 Å². The smallest absolute Gasteiger partial charge is 0.255 e. The average Bonchev–Trinajstić information content (AvgIpc) is 2.62. The van der Waals surface area contributed by atoms with Gasteiger partial charge in [-0.05, 0) is 48.8 Å². The van der Waals surface area contributed by atoms with Gasteiger partial charge in [0, 0.05) is 18.0 Å². The molecule has 0 saturated carbocycles. The number of amides is 1. The Morgan fingerprint density at radius 2 is 1.83 bits per heavy atom. The maximum atomic E-state index is 12.8. The van der Waals surface area contributed by atoms with Gasteiger partial charge in [0.1, 0.15) is 0 Å². The van der Waals surface area contributed by atoms with Crippen molar-refractivity contribution < 1.29 is 4.79 Å². The Kier molecular flexibility index (Phi) is 5.29. The fourth-order valence-corrected chi connectivity index (χ4v) is 3.74. The fraction of sp³-hybridized carbons (Fsp3) is 0.316. The molecule has 120 valence electrons. The minimum atomic E-state index is 0.0532. The second-order valence-electron chi connectivity index (χ2n) is 5.82. The first kappa shape index (κ1) is 16.4. The molecule has 2 aromatic rings. The van der Waals surface area contributed by atoms with Gasteiger partial charge in [0.05, 0.1) is 10.6 Å². The van der Waals surface area contributed by atoms with Gasteiger partial charge in [0.15, 0.2) is 0 Å². The number of hydrogen-bond donors (Lipinski definition) is 0. The van der Waals surface area contributed by atoms with Crippen LogP contribution in [0.25, 0.3) is 0 Å². The molecule has 2 aromatic carbocycles. The number of thioether (sulfide) groups is 1. The third-order valence-electron chi connectivity index (χ3n) is 4.46. The van der Waals surface area contributed by atoms with E-state index in [0.29, 0.717) is 16.5 Å². The molecule has 1 fully saturated rings. The third kappa shape index (κ3) is 3.73. The maximum Gasteiger partial charge on any atom is 0.255 e. The molecule has 0 radical (unpaired) electrons. The lowest BCUT2D eigenvalue weighted by Gasteiger charge is -2.32. The van der Waals surface area contributed by atoms with E-state index in [-0.39, 0.29) is 5.91 Å². The van der Waals surface area contributed by atoms with Crippen molar-refractivity contribution in [1.82, 2.24) is 4.90 Å². The molecule has 1 saturated heterocycles. The summed E-state index contributed by atoms with van der Waals surface area (Å²) in [6.45, 7) is 1.58. The van der Waals surface area contributed by atoms with Crippen LogP contribution in [0.15, 0.2) is 53.4 Å². The first-order chi connectivity index (χ1) is 11.2. The quantitative estimate of drug-likeness (QED) is 0.723. The molecule has 2 nitrogen and oxygen atoms in total. The van der Waals surface area contributed by atoms with Crippen LogP contribution in [-0.4, -0.2) is 30.2 Å². The lowest BCUT2D eigenvalue weighted by atomic mass is 9.89. The summed E-state index contributed by atoms with van der Waals surface area (Å²) in [5, 5.41) is 0.540. The standard InChI is InChI=1S/C19H20ClNOS/c1-23-16-7-8-18(20)17(13-16)19(22)21-11-9-15(10-12-21)14-5-3-2-4-6-14/h2-8,13,15H,9-12H2,1H3. The highest BCUT2D eigenvalue weighted by Crippen LogP contribution is 2.30. The zero-order valence-corrected chi connectivity index (χ0v) is 14.7. The summed E-state index contributed by atoms with van der Waals surface area (Å²) < 4.78 is 0. The van der Waals surface area contributed by atoms with Gasteiger partial charge in [-0.2, -0.15) is 0 Å². The molecule has 3 rings (SSSR count). The second kappa shape index (κ2) is 7.41. The molecule has 0 N–H and O–H groups in total. The van der Waals surface area contributed by atoms with Crippen molar-refractivity contribution in [2.75, 3.05) is 19.3 Å². The Morgan fingerprint density at radius 3 is 2.48 bits per heavy atom. The van der Waals surface area contributed by atoms with E-state index in [1.165, 1.54) is 5.56 Å². The highest BCUT2D eigenvalue weighted by Gasteiger charge is 2.25. The highest BCUT2D eigenvalue weighted by molar-refractivity contribution is 7.98. The van der Waals surface area contributed by atoms with E-state index in [1.807, 2.05) is 35.4 Å². The van der Waals surface area contributed by atoms with E-state index >= 15 is 0 Å². The molecular formula is C19H20ClNOS. The first-order valence-corrected chi connectivity index (χ1v) is 9.47. The van der Waals surface area contributed by atoms with E-state index < -0.39 is 0 Å². The topological polar surface area (TPSA) is 20.3 Å². The van der Waals surface area contributed by atoms with Crippen molar-refractivity contribution in [1.29, 1.82) is 0 Å². The zero-order chi connectivity index (χ0) is 16.2. The number of piperidine rings is 1. The summed E-state index contributed by atoms with van der Waals surface area (Å²) in [6, 6.07) is 16.2. The van der Waals surface area contributed by atoms with Crippen LogP contribution in [0, 0.1) is 0 Å². The number of carbonyl (C=O) groups is 1. The van der Waals surface area contributed by atoms with Crippen LogP contribution in [-0.2, 0) is 0 Å². The Bertz CT molecular complexity index is 681. The van der Waals surface area contributed by atoms with E-state index in [2.05, 4.69) is 24.3 Å². The molecule has 1 amide bonds. The minimum absolute atomic E-state index is 0.0532. The Morgan fingerprint density at radius 1 is 1.13 bits per heavy atom. The summed E-state index contributed by atoms with van der Waals surface area (Å²) in [5.41, 5.74) is 2.00. The van der Waals surface area contributed by atoms with Crippen molar-refractivity contribution in [3.8, 4) is 0 Å². The monoisotopic (exact) mass is 345 g/mol.